The van der Waals surface area contributed by atoms with E-state index in [9.17, 15) is 19.1 Å². The van der Waals surface area contributed by atoms with Gasteiger partial charge in [-0.25, -0.2) is 9.37 Å². The number of carbonyl (C=O) groups excluding carboxylic acids is 1. The lowest BCUT2D eigenvalue weighted by Crippen LogP contribution is -2.47. The van der Waals surface area contributed by atoms with E-state index in [4.69, 9.17) is 9.47 Å². The standard InChI is InChI=1S/C19H22FN3O5/c1-3-19(11-27-2)18-22-14(15(24)17(26)23(18)8-9-28-19)16(25)21-10-12-4-6-13(20)7-5-12/h4-7,24H,3,8-11H2,1-2H3,(H,21,25). The van der Waals surface area contributed by atoms with Gasteiger partial charge in [0.05, 0.1) is 19.8 Å². The van der Waals surface area contributed by atoms with Crippen LogP contribution >= 0.6 is 0 Å². The van der Waals surface area contributed by atoms with Gasteiger partial charge in [-0.05, 0) is 24.1 Å². The molecule has 2 N–H and O–H groups in total. The predicted molar refractivity (Wildman–Crippen MR) is 97.5 cm³/mol. The molecule has 0 saturated carbocycles. The Balaban J connectivity index is 1.94. The van der Waals surface area contributed by atoms with Crippen molar-refractivity contribution in [2.24, 2.45) is 0 Å². The molecule has 8 nitrogen and oxygen atoms in total. The molecular formula is C19H22FN3O5. The van der Waals surface area contributed by atoms with Gasteiger partial charge in [-0.2, -0.15) is 0 Å². The summed E-state index contributed by atoms with van der Waals surface area (Å²) in [6.07, 6.45) is 0.467. The SMILES string of the molecule is CCC1(COC)OCCn2c1nc(C(=O)NCc1ccc(F)cc1)c(O)c2=O. The molecule has 0 saturated heterocycles. The van der Waals surface area contributed by atoms with Crippen LogP contribution in [0.25, 0.3) is 0 Å². The number of aromatic hydroxyl groups is 1. The topological polar surface area (TPSA) is 103 Å². The number of hydrogen-bond acceptors (Lipinski definition) is 6. The molecule has 2 heterocycles. The first kappa shape index (κ1) is 20.0. The average Bonchev–Trinajstić information content (AvgIpc) is 2.70. The van der Waals surface area contributed by atoms with Gasteiger partial charge in [-0.15, -0.1) is 0 Å². The van der Waals surface area contributed by atoms with Crippen LogP contribution in [0.5, 0.6) is 5.75 Å². The fraction of sp³-hybridized carbons (Fsp3) is 0.421. The van der Waals surface area contributed by atoms with Crippen LogP contribution in [0.1, 0.15) is 35.2 Å². The van der Waals surface area contributed by atoms with Crippen molar-refractivity contribution in [3.05, 3.63) is 57.5 Å². The second kappa shape index (κ2) is 8.07. The summed E-state index contributed by atoms with van der Waals surface area (Å²) in [7, 11) is 1.51. The summed E-state index contributed by atoms with van der Waals surface area (Å²) in [6.45, 7) is 2.59. The zero-order chi connectivity index (χ0) is 20.3. The normalized spacial score (nSPS) is 18.5. The van der Waals surface area contributed by atoms with E-state index in [1.165, 1.54) is 35.9 Å². The Hall–Kier alpha value is -2.78. The molecule has 1 aliphatic rings. The largest absolute Gasteiger partial charge is 0.501 e. The Labute approximate surface area is 160 Å². The fourth-order valence-electron chi connectivity index (χ4n) is 3.22. The summed E-state index contributed by atoms with van der Waals surface area (Å²) < 4.78 is 25.4. The van der Waals surface area contributed by atoms with Crippen LogP contribution in [-0.2, 0) is 28.2 Å². The third kappa shape index (κ3) is 3.63. The zero-order valence-electron chi connectivity index (χ0n) is 15.7. The lowest BCUT2D eigenvalue weighted by atomic mass is 9.98. The number of hydrogen-bond donors (Lipinski definition) is 2. The number of ether oxygens (including phenoxy) is 2. The van der Waals surface area contributed by atoms with Crippen LogP contribution in [0, 0.1) is 5.82 Å². The molecule has 9 heteroatoms. The summed E-state index contributed by atoms with van der Waals surface area (Å²) >= 11 is 0. The van der Waals surface area contributed by atoms with Gasteiger partial charge in [0.1, 0.15) is 17.2 Å². The van der Waals surface area contributed by atoms with E-state index in [0.717, 1.165) is 0 Å². The van der Waals surface area contributed by atoms with Gasteiger partial charge in [-0.3, -0.25) is 14.2 Å². The Morgan fingerprint density at radius 3 is 2.79 bits per heavy atom. The van der Waals surface area contributed by atoms with E-state index in [1.807, 2.05) is 6.92 Å². The van der Waals surface area contributed by atoms with Crippen molar-refractivity contribution in [2.45, 2.75) is 32.0 Å². The van der Waals surface area contributed by atoms with E-state index in [-0.39, 0.29) is 43.6 Å². The zero-order valence-corrected chi connectivity index (χ0v) is 15.7. The Morgan fingerprint density at radius 1 is 1.43 bits per heavy atom. The summed E-state index contributed by atoms with van der Waals surface area (Å²) in [4.78, 5) is 29.5. The molecule has 0 fully saturated rings. The Kier molecular flexibility index (Phi) is 5.76. The number of fused-ring (bicyclic) bond motifs is 1. The van der Waals surface area contributed by atoms with E-state index in [1.54, 1.807) is 0 Å². The van der Waals surface area contributed by atoms with E-state index in [2.05, 4.69) is 10.3 Å². The van der Waals surface area contributed by atoms with E-state index < -0.39 is 22.8 Å². The molecule has 2 aromatic rings. The van der Waals surface area contributed by atoms with Crippen LogP contribution in [-0.4, -0.2) is 40.9 Å². The minimum absolute atomic E-state index is 0.0894. The summed E-state index contributed by atoms with van der Waals surface area (Å²) in [5, 5.41) is 12.8. The number of halogens is 1. The summed E-state index contributed by atoms with van der Waals surface area (Å²) in [5.41, 5.74) is -1.40. The number of methoxy groups -OCH3 is 1. The summed E-state index contributed by atoms with van der Waals surface area (Å²) in [6, 6.07) is 5.61. The molecule has 1 atom stereocenters. The molecule has 1 aromatic heterocycles. The molecule has 1 amide bonds. The monoisotopic (exact) mass is 391 g/mol. The highest BCUT2D eigenvalue weighted by Crippen LogP contribution is 2.32. The number of aromatic nitrogens is 2. The Bertz CT molecular complexity index is 928. The fourth-order valence-corrected chi connectivity index (χ4v) is 3.22. The maximum Gasteiger partial charge on any atom is 0.296 e. The highest BCUT2D eigenvalue weighted by atomic mass is 19.1. The van der Waals surface area contributed by atoms with Gasteiger partial charge >= 0.3 is 0 Å². The van der Waals surface area contributed by atoms with E-state index >= 15 is 0 Å². The minimum Gasteiger partial charge on any atom is -0.501 e. The van der Waals surface area contributed by atoms with Gasteiger partial charge in [0.25, 0.3) is 11.5 Å². The molecule has 28 heavy (non-hydrogen) atoms. The number of rotatable bonds is 6. The molecule has 0 bridgehead atoms. The van der Waals surface area contributed by atoms with Crippen LogP contribution in [0.2, 0.25) is 0 Å². The number of nitrogens with zero attached hydrogens (tertiary/aromatic N) is 2. The van der Waals surface area contributed by atoms with Crippen molar-refractivity contribution < 1.29 is 23.8 Å². The second-order valence-corrected chi connectivity index (χ2v) is 6.53. The third-order valence-corrected chi connectivity index (χ3v) is 4.78. The number of benzene rings is 1. The van der Waals surface area contributed by atoms with E-state index in [0.29, 0.717) is 12.0 Å². The number of nitrogens with one attached hydrogen (secondary N) is 1. The molecule has 150 valence electrons. The van der Waals surface area contributed by atoms with Gasteiger partial charge in [0, 0.05) is 13.7 Å². The average molecular weight is 391 g/mol. The van der Waals surface area contributed by atoms with Gasteiger partial charge in [0.2, 0.25) is 5.75 Å². The highest BCUT2D eigenvalue weighted by molar-refractivity contribution is 5.94. The minimum atomic E-state index is -0.980. The summed E-state index contributed by atoms with van der Waals surface area (Å²) in [5.74, 6) is -1.57. The van der Waals surface area contributed by atoms with Crippen LogP contribution in [0.15, 0.2) is 29.1 Å². The quantitative estimate of drug-likeness (QED) is 0.770. The number of carbonyl (C=O) groups is 1. The van der Waals surface area contributed by atoms with Crippen LogP contribution < -0.4 is 10.9 Å². The molecule has 1 aliphatic heterocycles. The van der Waals surface area contributed by atoms with Crippen molar-refractivity contribution in [2.75, 3.05) is 20.3 Å². The van der Waals surface area contributed by atoms with Gasteiger partial charge in [0.15, 0.2) is 5.69 Å². The number of amides is 1. The highest BCUT2D eigenvalue weighted by Gasteiger charge is 2.41. The first-order valence-electron chi connectivity index (χ1n) is 8.91. The van der Waals surface area contributed by atoms with Gasteiger partial charge in [-0.1, -0.05) is 19.1 Å². The van der Waals surface area contributed by atoms with Crippen LogP contribution in [0.3, 0.4) is 0 Å². The molecule has 0 spiro atoms. The first-order chi connectivity index (χ1) is 13.4. The molecule has 1 unspecified atom stereocenters. The molecular weight excluding hydrogens is 369 g/mol. The first-order valence-corrected chi connectivity index (χ1v) is 8.91. The lowest BCUT2D eigenvalue weighted by molar-refractivity contribution is -0.123. The maximum atomic E-state index is 13.0. The van der Waals surface area contributed by atoms with Crippen molar-refractivity contribution in [1.29, 1.82) is 0 Å². The van der Waals surface area contributed by atoms with Crippen molar-refractivity contribution in [1.82, 2.24) is 14.9 Å². The second-order valence-electron chi connectivity index (χ2n) is 6.53. The molecule has 0 aliphatic carbocycles. The van der Waals surface area contributed by atoms with Crippen LogP contribution in [0.4, 0.5) is 4.39 Å². The molecule has 0 radical (unpaired) electrons. The van der Waals surface area contributed by atoms with Gasteiger partial charge < -0.3 is 19.9 Å². The third-order valence-electron chi connectivity index (χ3n) is 4.78. The lowest BCUT2D eigenvalue weighted by Gasteiger charge is -2.37. The maximum absolute atomic E-state index is 13.0. The van der Waals surface area contributed by atoms with Crippen molar-refractivity contribution >= 4 is 5.91 Å². The predicted octanol–water partition coefficient (Wildman–Crippen LogP) is 1.30. The molecule has 3 rings (SSSR count). The van der Waals surface area contributed by atoms with Crippen molar-refractivity contribution in [3.8, 4) is 5.75 Å². The van der Waals surface area contributed by atoms with Crippen molar-refractivity contribution in [3.63, 3.8) is 0 Å². The Morgan fingerprint density at radius 2 is 2.14 bits per heavy atom. The molecule has 1 aromatic carbocycles. The smallest absolute Gasteiger partial charge is 0.296 e.